The zero-order chi connectivity index (χ0) is 14.9. The maximum Gasteiger partial charge on any atom is 0.419 e. The lowest BCUT2D eigenvalue weighted by Gasteiger charge is -2.26. The van der Waals surface area contributed by atoms with E-state index in [4.69, 9.17) is 4.74 Å². The molecule has 112 valence electrons. The highest BCUT2D eigenvalue weighted by Crippen LogP contribution is 2.35. The smallest absolute Gasteiger partial charge is 0.376 e. The molecule has 1 N–H and O–H groups in total. The van der Waals surface area contributed by atoms with E-state index in [-0.39, 0.29) is 18.1 Å². The van der Waals surface area contributed by atoms with Crippen molar-refractivity contribution in [2.24, 2.45) is 5.92 Å². The first-order valence-electron chi connectivity index (χ1n) is 6.50. The molecule has 1 fully saturated rings. The topological polar surface area (TPSA) is 21.3 Å². The van der Waals surface area contributed by atoms with Crippen molar-refractivity contribution in [3.8, 4) is 0 Å². The molecule has 0 bridgehead atoms. The van der Waals surface area contributed by atoms with Gasteiger partial charge in [0.15, 0.2) is 0 Å². The van der Waals surface area contributed by atoms with Gasteiger partial charge in [-0.3, -0.25) is 0 Å². The van der Waals surface area contributed by atoms with Crippen molar-refractivity contribution in [3.05, 3.63) is 35.1 Å². The number of hydrogen-bond acceptors (Lipinski definition) is 2. The minimum absolute atomic E-state index is 0.156. The van der Waals surface area contributed by atoms with E-state index in [0.29, 0.717) is 12.2 Å². The maximum atomic E-state index is 13.6. The molecule has 0 spiro atoms. The van der Waals surface area contributed by atoms with Crippen LogP contribution in [0, 0.1) is 11.7 Å². The van der Waals surface area contributed by atoms with Gasteiger partial charge in [-0.25, -0.2) is 4.39 Å². The summed E-state index contributed by atoms with van der Waals surface area (Å²) in [5.74, 6) is -0.973. The van der Waals surface area contributed by atoms with Crippen LogP contribution in [0.1, 0.15) is 30.5 Å². The van der Waals surface area contributed by atoms with Gasteiger partial charge in [0, 0.05) is 6.61 Å². The number of hydrogen-bond donors (Lipinski definition) is 1. The van der Waals surface area contributed by atoms with Crippen LogP contribution in [0.2, 0.25) is 0 Å². The Hall–Kier alpha value is -1.14. The first-order chi connectivity index (χ1) is 9.34. The average Bonchev–Trinajstić information content (AvgIpc) is 2.75. The van der Waals surface area contributed by atoms with Gasteiger partial charge in [-0.05, 0) is 37.1 Å². The van der Waals surface area contributed by atoms with E-state index in [1.165, 1.54) is 6.07 Å². The summed E-state index contributed by atoms with van der Waals surface area (Å²) in [4.78, 5) is 0. The highest BCUT2D eigenvalue weighted by molar-refractivity contribution is 5.29. The molecule has 20 heavy (non-hydrogen) atoms. The molecule has 6 heteroatoms. The second kappa shape index (κ2) is 5.69. The van der Waals surface area contributed by atoms with E-state index in [9.17, 15) is 17.6 Å². The van der Waals surface area contributed by atoms with Crippen molar-refractivity contribution in [1.82, 2.24) is 5.32 Å². The molecule has 1 saturated heterocycles. The Balaban J connectivity index is 2.30. The summed E-state index contributed by atoms with van der Waals surface area (Å²) in [6.07, 6.45) is -3.93. The fourth-order valence-corrected chi connectivity index (χ4v) is 2.62. The van der Waals surface area contributed by atoms with E-state index >= 15 is 0 Å². The zero-order valence-electron chi connectivity index (χ0n) is 11.3. The summed E-state index contributed by atoms with van der Waals surface area (Å²) in [5.41, 5.74) is -0.770. The van der Waals surface area contributed by atoms with Crippen LogP contribution in [-0.4, -0.2) is 19.8 Å². The van der Waals surface area contributed by atoms with Gasteiger partial charge in [0.25, 0.3) is 0 Å². The summed E-state index contributed by atoms with van der Waals surface area (Å²) in [5, 5.41) is 3.00. The minimum Gasteiger partial charge on any atom is -0.376 e. The van der Waals surface area contributed by atoms with Crippen molar-refractivity contribution in [1.29, 1.82) is 0 Å². The van der Waals surface area contributed by atoms with Crippen molar-refractivity contribution in [2.45, 2.75) is 31.7 Å². The van der Waals surface area contributed by atoms with Crippen molar-refractivity contribution >= 4 is 0 Å². The average molecular weight is 291 g/mol. The third kappa shape index (κ3) is 2.96. The van der Waals surface area contributed by atoms with Gasteiger partial charge < -0.3 is 10.1 Å². The third-order valence-corrected chi connectivity index (χ3v) is 3.74. The molecule has 0 amide bonds. The molecule has 2 rings (SSSR count). The van der Waals surface area contributed by atoms with Crippen LogP contribution >= 0.6 is 0 Å². The van der Waals surface area contributed by atoms with E-state index < -0.39 is 17.6 Å². The monoisotopic (exact) mass is 291 g/mol. The van der Waals surface area contributed by atoms with Crippen LogP contribution < -0.4 is 5.32 Å². The molecular weight excluding hydrogens is 274 g/mol. The van der Waals surface area contributed by atoms with E-state index in [1.807, 2.05) is 6.92 Å². The fraction of sp³-hybridized carbons (Fsp3) is 0.571. The number of likely N-dealkylation sites (N-methyl/N-ethyl adjacent to an activating group) is 1. The summed E-state index contributed by atoms with van der Waals surface area (Å²) in [6, 6.07) is 2.72. The van der Waals surface area contributed by atoms with Crippen LogP contribution in [0.3, 0.4) is 0 Å². The molecule has 3 unspecified atom stereocenters. The highest BCUT2D eigenvalue weighted by atomic mass is 19.4. The highest BCUT2D eigenvalue weighted by Gasteiger charge is 2.36. The molecule has 0 saturated carbocycles. The molecular formula is C14H17F4NO. The largest absolute Gasteiger partial charge is 0.419 e. The van der Waals surface area contributed by atoms with Crippen LogP contribution in [0.4, 0.5) is 17.6 Å². The standard InChI is InChI=1S/C14H17F4NO/c1-8-5-6-20-13(8)12(19-2)9-3-4-10(11(15)7-9)14(16,17)18/h3-4,7-8,12-13,19H,5-6H2,1-2H3. The van der Waals surface area contributed by atoms with Gasteiger partial charge in [0.1, 0.15) is 5.82 Å². The molecule has 3 atom stereocenters. The van der Waals surface area contributed by atoms with Crippen molar-refractivity contribution < 1.29 is 22.3 Å². The predicted octanol–water partition coefficient (Wildman–Crippen LogP) is 3.53. The van der Waals surface area contributed by atoms with Gasteiger partial charge in [0.2, 0.25) is 0 Å². The van der Waals surface area contributed by atoms with Gasteiger partial charge in [-0.1, -0.05) is 13.0 Å². The molecule has 1 aromatic carbocycles. The molecule has 0 radical (unpaired) electrons. The molecule has 1 aliphatic heterocycles. The lowest BCUT2D eigenvalue weighted by Crippen LogP contribution is -2.32. The third-order valence-electron chi connectivity index (χ3n) is 3.74. The van der Waals surface area contributed by atoms with Crippen LogP contribution in [0.5, 0.6) is 0 Å². The minimum atomic E-state index is -4.67. The first kappa shape index (κ1) is 15.3. The predicted molar refractivity (Wildman–Crippen MR) is 66.7 cm³/mol. The molecule has 0 aromatic heterocycles. The molecule has 2 nitrogen and oxygen atoms in total. The number of nitrogens with one attached hydrogen (secondary N) is 1. The molecule has 1 aliphatic rings. The Morgan fingerprint density at radius 1 is 1.35 bits per heavy atom. The Morgan fingerprint density at radius 2 is 2.05 bits per heavy atom. The van der Waals surface area contributed by atoms with E-state index in [1.54, 1.807) is 7.05 Å². The van der Waals surface area contributed by atoms with Crippen molar-refractivity contribution in [3.63, 3.8) is 0 Å². The van der Waals surface area contributed by atoms with E-state index in [0.717, 1.165) is 18.6 Å². The Kier molecular flexibility index (Phi) is 4.34. The lowest BCUT2D eigenvalue weighted by molar-refractivity contribution is -0.140. The normalized spacial score (nSPS) is 24.9. The van der Waals surface area contributed by atoms with Crippen LogP contribution in [0.15, 0.2) is 18.2 Å². The van der Waals surface area contributed by atoms with Gasteiger partial charge in [-0.2, -0.15) is 13.2 Å². The summed E-state index contributed by atoms with van der Waals surface area (Å²) in [6.45, 7) is 2.63. The van der Waals surface area contributed by atoms with Gasteiger partial charge >= 0.3 is 6.18 Å². The summed E-state index contributed by atoms with van der Waals surface area (Å²) in [7, 11) is 1.69. The summed E-state index contributed by atoms with van der Waals surface area (Å²) < 4.78 is 56.9. The summed E-state index contributed by atoms with van der Waals surface area (Å²) >= 11 is 0. The SMILES string of the molecule is CNC(c1ccc(C(F)(F)F)c(F)c1)C1OCCC1C. The fourth-order valence-electron chi connectivity index (χ4n) is 2.62. The van der Waals surface area contributed by atoms with Crippen LogP contribution in [-0.2, 0) is 10.9 Å². The number of alkyl halides is 3. The quantitative estimate of drug-likeness (QED) is 0.860. The number of benzene rings is 1. The maximum absolute atomic E-state index is 13.6. The number of ether oxygens (including phenoxy) is 1. The van der Waals surface area contributed by atoms with E-state index in [2.05, 4.69) is 5.32 Å². The van der Waals surface area contributed by atoms with Crippen LogP contribution in [0.25, 0.3) is 0 Å². The van der Waals surface area contributed by atoms with Gasteiger partial charge in [0.05, 0.1) is 17.7 Å². The number of rotatable bonds is 3. The Bertz CT molecular complexity index is 475. The second-order valence-electron chi connectivity index (χ2n) is 5.10. The molecule has 0 aliphatic carbocycles. The molecule has 1 aromatic rings. The number of halogens is 4. The Morgan fingerprint density at radius 3 is 2.50 bits per heavy atom. The Labute approximate surface area is 115 Å². The van der Waals surface area contributed by atoms with Gasteiger partial charge in [-0.15, -0.1) is 0 Å². The first-order valence-corrected chi connectivity index (χ1v) is 6.50. The molecule has 1 heterocycles. The zero-order valence-corrected chi connectivity index (χ0v) is 11.3. The lowest BCUT2D eigenvalue weighted by atomic mass is 9.92. The second-order valence-corrected chi connectivity index (χ2v) is 5.10. The van der Waals surface area contributed by atoms with Crippen molar-refractivity contribution in [2.75, 3.05) is 13.7 Å².